The first-order valence-electron chi connectivity index (χ1n) is 11.9. The van der Waals surface area contributed by atoms with Gasteiger partial charge in [0.25, 0.3) is 11.8 Å². The first-order valence-corrected chi connectivity index (χ1v) is 12.2. The molecule has 4 rings (SSSR count). The summed E-state index contributed by atoms with van der Waals surface area (Å²) in [5, 5.41) is 3.38. The van der Waals surface area contributed by atoms with Crippen LogP contribution in [0.4, 0.5) is 11.4 Å². The van der Waals surface area contributed by atoms with Gasteiger partial charge in [0.1, 0.15) is 0 Å². The number of carbonyl (C=O) groups is 2. The van der Waals surface area contributed by atoms with Crippen LogP contribution in [0.1, 0.15) is 26.3 Å². The minimum Gasteiger partial charge on any atom is -0.493 e. The minimum atomic E-state index is -0.341. The van der Waals surface area contributed by atoms with Crippen molar-refractivity contribution in [3.8, 4) is 17.2 Å². The van der Waals surface area contributed by atoms with Crippen LogP contribution in [-0.2, 0) is 0 Å². The highest BCUT2D eigenvalue weighted by Gasteiger charge is 2.24. The standard InChI is InChI=1S/C28H30ClN3O5/c1-18-7-5-6-8-21(18)28(34)32-13-11-31(12-14-32)23-10-9-20(17-22(23)29)30-27(33)19-15-24(35-2)26(37-4)25(16-19)36-3/h5-10,15-17H,11-14H2,1-4H3,(H,30,33). The van der Waals surface area contributed by atoms with E-state index in [4.69, 9.17) is 25.8 Å². The zero-order valence-electron chi connectivity index (χ0n) is 21.3. The Morgan fingerprint density at radius 2 is 1.51 bits per heavy atom. The molecule has 0 saturated carbocycles. The highest BCUT2D eigenvalue weighted by atomic mass is 35.5. The first kappa shape index (κ1) is 26.2. The van der Waals surface area contributed by atoms with Crippen molar-refractivity contribution in [3.63, 3.8) is 0 Å². The molecule has 0 radical (unpaired) electrons. The minimum absolute atomic E-state index is 0.0497. The van der Waals surface area contributed by atoms with Gasteiger partial charge in [-0.2, -0.15) is 0 Å². The molecule has 3 aromatic carbocycles. The number of hydrogen-bond acceptors (Lipinski definition) is 6. The van der Waals surface area contributed by atoms with Crippen LogP contribution in [0.25, 0.3) is 0 Å². The molecule has 1 N–H and O–H groups in total. The summed E-state index contributed by atoms with van der Waals surface area (Å²) in [5.41, 5.74) is 3.48. The Morgan fingerprint density at radius 3 is 2.08 bits per heavy atom. The largest absolute Gasteiger partial charge is 0.493 e. The topological polar surface area (TPSA) is 80.3 Å². The van der Waals surface area contributed by atoms with Gasteiger partial charge in [0.15, 0.2) is 11.5 Å². The number of nitrogens with zero attached hydrogens (tertiary/aromatic N) is 2. The second kappa shape index (κ2) is 11.4. The number of carbonyl (C=O) groups excluding carboxylic acids is 2. The number of piperazine rings is 1. The summed E-state index contributed by atoms with van der Waals surface area (Å²) in [5.74, 6) is 0.899. The monoisotopic (exact) mass is 523 g/mol. The fraction of sp³-hybridized carbons (Fsp3) is 0.286. The van der Waals surface area contributed by atoms with Gasteiger partial charge in [-0.15, -0.1) is 0 Å². The number of benzene rings is 3. The van der Waals surface area contributed by atoms with Crippen molar-refractivity contribution in [3.05, 3.63) is 76.3 Å². The molecule has 9 heteroatoms. The van der Waals surface area contributed by atoms with E-state index in [2.05, 4.69) is 10.2 Å². The third kappa shape index (κ3) is 5.59. The summed E-state index contributed by atoms with van der Waals surface area (Å²) in [6.45, 7) is 4.47. The fourth-order valence-corrected chi connectivity index (χ4v) is 4.69. The number of anilines is 2. The summed E-state index contributed by atoms with van der Waals surface area (Å²) in [6.07, 6.45) is 0. The number of methoxy groups -OCH3 is 3. The van der Waals surface area contributed by atoms with Gasteiger partial charge in [0.2, 0.25) is 5.75 Å². The molecule has 0 aromatic heterocycles. The predicted octanol–water partition coefficient (Wildman–Crippen LogP) is 4.89. The molecule has 2 amide bonds. The van der Waals surface area contributed by atoms with Crippen LogP contribution in [0.3, 0.4) is 0 Å². The molecule has 1 heterocycles. The van der Waals surface area contributed by atoms with Crippen molar-refractivity contribution in [2.75, 3.05) is 57.7 Å². The quantitative estimate of drug-likeness (QED) is 0.475. The Kier molecular flexibility index (Phi) is 8.08. The van der Waals surface area contributed by atoms with Gasteiger partial charge in [-0.3, -0.25) is 9.59 Å². The normalized spacial score (nSPS) is 13.2. The van der Waals surface area contributed by atoms with Crippen LogP contribution in [-0.4, -0.2) is 64.2 Å². The second-order valence-corrected chi connectivity index (χ2v) is 9.04. The van der Waals surface area contributed by atoms with Gasteiger partial charge in [0, 0.05) is 43.0 Å². The van der Waals surface area contributed by atoms with Crippen LogP contribution < -0.4 is 24.4 Å². The van der Waals surface area contributed by atoms with Gasteiger partial charge in [-0.1, -0.05) is 29.8 Å². The van der Waals surface area contributed by atoms with Crippen molar-refractivity contribution in [2.45, 2.75) is 6.92 Å². The van der Waals surface area contributed by atoms with Crippen LogP contribution in [0.2, 0.25) is 5.02 Å². The van der Waals surface area contributed by atoms with Crippen molar-refractivity contribution in [1.29, 1.82) is 0 Å². The van der Waals surface area contributed by atoms with E-state index in [0.717, 1.165) is 16.8 Å². The number of amides is 2. The molecular formula is C28H30ClN3O5. The van der Waals surface area contributed by atoms with Crippen LogP contribution in [0.15, 0.2) is 54.6 Å². The highest BCUT2D eigenvalue weighted by molar-refractivity contribution is 6.33. The van der Waals surface area contributed by atoms with Crippen molar-refractivity contribution in [1.82, 2.24) is 4.90 Å². The molecule has 0 spiro atoms. The van der Waals surface area contributed by atoms with Crippen LogP contribution >= 0.6 is 11.6 Å². The lowest BCUT2D eigenvalue weighted by Crippen LogP contribution is -2.49. The van der Waals surface area contributed by atoms with E-state index in [9.17, 15) is 9.59 Å². The summed E-state index contributed by atoms with van der Waals surface area (Å²) < 4.78 is 16.0. The number of nitrogens with one attached hydrogen (secondary N) is 1. The second-order valence-electron chi connectivity index (χ2n) is 8.63. The van der Waals surface area contributed by atoms with Crippen molar-refractivity contribution < 1.29 is 23.8 Å². The molecule has 0 aliphatic carbocycles. The van der Waals surface area contributed by atoms with Crippen molar-refractivity contribution >= 4 is 34.8 Å². The lowest BCUT2D eigenvalue weighted by Gasteiger charge is -2.36. The van der Waals surface area contributed by atoms with Crippen LogP contribution in [0, 0.1) is 6.92 Å². The maximum Gasteiger partial charge on any atom is 0.255 e. The molecule has 0 atom stereocenters. The number of hydrogen-bond donors (Lipinski definition) is 1. The van der Waals surface area contributed by atoms with E-state index < -0.39 is 0 Å². The Hall–Kier alpha value is -3.91. The van der Waals surface area contributed by atoms with Crippen molar-refractivity contribution in [2.24, 2.45) is 0 Å². The zero-order valence-corrected chi connectivity index (χ0v) is 22.1. The third-order valence-corrected chi connectivity index (χ3v) is 6.72. The van der Waals surface area contributed by atoms with E-state index >= 15 is 0 Å². The molecule has 1 fully saturated rings. The molecule has 0 unspecified atom stereocenters. The van der Waals surface area contributed by atoms with E-state index in [1.54, 1.807) is 18.2 Å². The van der Waals surface area contributed by atoms with Crippen LogP contribution in [0.5, 0.6) is 17.2 Å². The molecule has 0 bridgehead atoms. The molecule has 194 valence electrons. The number of halogens is 1. The number of aryl methyl sites for hydroxylation is 1. The maximum absolute atomic E-state index is 12.9. The summed E-state index contributed by atoms with van der Waals surface area (Å²) in [6, 6.07) is 16.2. The molecule has 8 nitrogen and oxygen atoms in total. The average Bonchev–Trinajstić information content (AvgIpc) is 2.92. The Labute approximate surface area is 221 Å². The number of rotatable bonds is 7. The first-order chi connectivity index (χ1) is 17.9. The van der Waals surface area contributed by atoms with Gasteiger partial charge < -0.3 is 29.3 Å². The summed E-state index contributed by atoms with van der Waals surface area (Å²) >= 11 is 6.61. The summed E-state index contributed by atoms with van der Waals surface area (Å²) in [7, 11) is 4.50. The zero-order chi connectivity index (χ0) is 26.5. The third-order valence-electron chi connectivity index (χ3n) is 6.42. The Balaban J connectivity index is 1.42. The fourth-order valence-electron chi connectivity index (χ4n) is 4.39. The van der Waals surface area contributed by atoms with Gasteiger partial charge in [-0.05, 0) is 48.9 Å². The van der Waals surface area contributed by atoms with Gasteiger partial charge in [0.05, 0.1) is 32.0 Å². The van der Waals surface area contributed by atoms with Gasteiger partial charge >= 0.3 is 0 Å². The molecule has 1 aliphatic rings. The predicted molar refractivity (Wildman–Crippen MR) is 145 cm³/mol. The smallest absolute Gasteiger partial charge is 0.255 e. The summed E-state index contributed by atoms with van der Waals surface area (Å²) in [4.78, 5) is 29.9. The van der Waals surface area contributed by atoms with E-state index in [1.165, 1.54) is 21.3 Å². The molecular weight excluding hydrogens is 494 g/mol. The van der Waals surface area contributed by atoms with Gasteiger partial charge in [-0.25, -0.2) is 0 Å². The lowest BCUT2D eigenvalue weighted by atomic mass is 10.1. The Morgan fingerprint density at radius 1 is 0.865 bits per heavy atom. The molecule has 1 aliphatic heterocycles. The molecule has 3 aromatic rings. The van der Waals surface area contributed by atoms with E-state index in [0.29, 0.717) is 59.7 Å². The highest BCUT2D eigenvalue weighted by Crippen LogP contribution is 2.38. The number of ether oxygens (including phenoxy) is 3. The van der Waals surface area contributed by atoms with E-state index in [-0.39, 0.29) is 11.8 Å². The molecule has 37 heavy (non-hydrogen) atoms. The van der Waals surface area contributed by atoms with E-state index in [1.807, 2.05) is 48.2 Å². The average molecular weight is 524 g/mol. The molecule has 1 saturated heterocycles. The SMILES string of the molecule is COc1cc(C(=O)Nc2ccc(N3CCN(C(=O)c4ccccc4C)CC3)c(Cl)c2)cc(OC)c1OC. The Bertz CT molecular complexity index is 1280. The lowest BCUT2D eigenvalue weighted by molar-refractivity contribution is 0.0746. The maximum atomic E-state index is 12.9.